The number of hydrogen-bond acceptors (Lipinski definition) is 4. The van der Waals surface area contributed by atoms with Crippen molar-refractivity contribution in [1.29, 1.82) is 0 Å². The quantitative estimate of drug-likeness (QED) is 0.409. The third-order valence-electron chi connectivity index (χ3n) is 5.16. The van der Waals surface area contributed by atoms with Gasteiger partial charge in [0.15, 0.2) is 0 Å². The largest absolute Gasteiger partial charge is 0.495 e. The van der Waals surface area contributed by atoms with Gasteiger partial charge in [-0.15, -0.1) is 11.8 Å². The third-order valence-corrected chi connectivity index (χ3v) is 6.58. The third kappa shape index (κ3) is 5.68. The van der Waals surface area contributed by atoms with Crippen LogP contribution in [0.15, 0.2) is 41.3 Å². The molecule has 1 saturated heterocycles. The lowest BCUT2D eigenvalue weighted by atomic mass is 10.0. The minimum Gasteiger partial charge on any atom is -0.495 e. The molecule has 32 heavy (non-hydrogen) atoms. The molecule has 0 N–H and O–H groups in total. The van der Waals surface area contributed by atoms with Gasteiger partial charge < -0.3 is 14.5 Å². The maximum atomic E-state index is 13.4. The molecule has 4 nitrogen and oxygen atoms in total. The van der Waals surface area contributed by atoms with E-state index in [0.717, 1.165) is 28.5 Å². The number of thioether (sulfide) groups is 1. The van der Waals surface area contributed by atoms with Gasteiger partial charge in [0.2, 0.25) is 0 Å². The molecule has 0 spiro atoms. The van der Waals surface area contributed by atoms with Gasteiger partial charge in [-0.3, -0.25) is 4.79 Å². The summed E-state index contributed by atoms with van der Waals surface area (Å²) >= 11 is 1.75. The number of nitrogens with zero attached hydrogens (tertiary/aromatic N) is 2. The molecule has 0 bridgehead atoms. The molecule has 0 aliphatic carbocycles. The van der Waals surface area contributed by atoms with Crippen molar-refractivity contribution in [3.05, 3.63) is 53.3 Å². The number of alkyl halides is 3. The predicted molar refractivity (Wildman–Crippen MR) is 118 cm³/mol. The molecule has 1 aliphatic heterocycles. The second-order valence-electron chi connectivity index (χ2n) is 8.01. The van der Waals surface area contributed by atoms with Crippen LogP contribution in [0.3, 0.4) is 0 Å². The standard InChI is InChI=1S/C23H26F4N2O2S/c1-15(2)14-32-17-5-7-21(31-3)20(13-17)28-8-10-29(11-9-28)22(30)18-6-4-16(24)12-19(18)23(25,26)27/h4-7,12-13,15H,8-11,14H2,1-3H3. The van der Waals surface area contributed by atoms with Crippen LogP contribution in [0.2, 0.25) is 0 Å². The number of amides is 1. The van der Waals surface area contributed by atoms with Crippen LogP contribution in [-0.4, -0.2) is 49.8 Å². The van der Waals surface area contributed by atoms with Crippen LogP contribution in [0.25, 0.3) is 0 Å². The number of halogens is 4. The Morgan fingerprint density at radius 1 is 1.09 bits per heavy atom. The van der Waals surface area contributed by atoms with E-state index < -0.39 is 29.0 Å². The van der Waals surface area contributed by atoms with Crippen molar-refractivity contribution in [2.75, 3.05) is 43.9 Å². The van der Waals surface area contributed by atoms with Crippen molar-refractivity contribution in [2.45, 2.75) is 24.9 Å². The summed E-state index contributed by atoms with van der Waals surface area (Å²) in [5, 5.41) is 0. The van der Waals surface area contributed by atoms with Crippen molar-refractivity contribution < 1.29 is 27.1 Å². The summed E-state index contributed by atoms with van der Waals surface area (Å²) in [5.41, 5.74) is -0.885. The molecule has 1 heterocycles. The van der Waals surface area contributed by atoms with Gasteiger partial charge in [0.05, 0.1) is 23.9 Å². The first-order chi connectivity index (χ1) is 15.1. The first-order valence-corrected chi connectivity index (χ1v) is 11.3. The summed E-state index contributed by atoms with van der Waals surface area (Å²) in [7, 11) is 1.59. The molecule has 0 aromatic heterocycles. The normalized spacial score (nSPS) is 14.8. The van der Waals surface area contributed by atoms with Gasteiger partial charge in [0.1, 0.15) is 11.6 Å². The molecule has 9 heteroatoms. The lowest BCUT2D eigenvalue weighted by molar-refractivity contribution is -0.138. The molecule has 0 radical (unpaired) electrons. The molecular formula is C23H26F4N2O2S. The maximum absolute atomic E-state index is 13.4. The molecule has 2 aromatic carbocycles. The second kappa shape index (κ2) is 10.0. The number of piperazine rings is 1. The first kappa shape index (κ1) is 24.2. The topological polar surface area (TPSA) is 32.8 Å². The molecule has 0 saturated carbocycles. The van der Waals surface area contributed by atoms with Crippen LogP contribution in [0, 0.1) is 11.7 Å². The molecular weight excluding hydrogens is 444 g/mol. The van der Waals surface area contributed by atoms with E-state index in [4.69, 9.17) is 4.74 Å². The fraction of sp³-hybridized carbons (Fsp3) is 0.435. The Hall–Kier alpha value is -2.42. The SMILES string of the molecule is COc1ccc(SCC(C)C)cc1N1CCN(C(=O)c2ccc(F)cc2C(F)(F)F)CC1. The van der Waals surface area contributed by atoms with Crippen LogP contribution < -0.4 is 9.64 Å². The number of hydrogen-bond donors (Lipinski definition) is 0. The Labute approximate surface area is 189 Å². The van der Waals surface area contributed by atoms with E-state index in [0.29, 0.717) is 30.8 Å². The monoisotopic (exact) mass is 470 g/mol. The van der Waals surface area contributed by atoms with E-state index in [1.165, 1.54) is 4.90 Å². The van der Waals surface area contributed by atoms with E-state index in [-0.39, 0.29) is 13.1 Å². The number of carbonyl (C=O) groups excluding carboxylic acids is 1. The summed E-state index contributed by atoms with van der Waals surface area (Å²) in [6, 6.07) is 8.11. The smallest absolute Gasteiger partial charge is 0.417 e. The zero-order valence-corrected chi connectivity index (χ0v) is 19.0. The summed E-state index contributed by atoms with van der Waals surface area (Å²) in [6.45, 7) is 5.70. The number of benzene rings is 2. The van der Waals surface area contributed by atoms with E-state index in [2.05, 4.69) is 18.7 Å². The van der Waals surface area contributed by atoms with E-state index in [1.807, 2.05) is 18.2 Å². The maximum Gasteiger partial charge on any atom is 0.417 e. The Morgan fingerprint density at radius 2 is 1.78 bits per heavy atom. The van der Waals surface area contributed by atoms with Crippen molar-refractivity contribution in [3.8, 4) is 5.75 Å². The van der Waals surface area contributed by atoms with Gasteiger partial charge >= 0.3 is 6.18 Å². The zero-order valence-electron chi connectivity index (χ0n) is 18.2. The van der Waals surface area contributed by atoms with Crippen molar-refractivity contribution >= 4 is 23.4 Å². The van der Waals surface area contributed by atoms with Crippen LogP contribution in [0.1, 0.15) is 29.8 Å². The highest BCUT2D eigenvalue weighted by Gasteiger charge is 2.37. The average Bonchev–Trinajstić information content (AvgIpc) is 2.76. The van der Waals surface area contributed by atoms with Gasteiger partial charge in [-0.05, 0) is 42.3 Å². The summed E-state index contributed by atoms with van der Waals surface area (Å²) in [4.78, 5) is 17.4. The highest BCUT2D eigenvalue weighted by molar-refractivity contribution is 7.99. The van der Waals surface area contributed by atoms with E-state index in [1.54, 1.807) is 18.9 Å². The molecule has 174 valence electrons. The number of ether oxygens (including phenoxy) is 1. The van der Waals surface area contributed by atoms with Gasteiger partial charge in [0, 0.05) is 36.8 Å². The van der Waals surface area contributed by atoms with Crippen LogP contribution in [0.4, 0.5) is 23.2 Å². The predicted octanol–water partition coefficient (Wildman–Crippen LogP) is 5.56. The minimum atomic E-state index is -4.81. The summed E-state index contributed by atoms with van der Waals surface area (Å²) in [5.74, 6) is 0.462. The summed E-state index contributed by atoms with van der Waals surface area (Å²) in [6.07, 6.45) is -4.81. The van der Waals surface area contributed by atoms with Gasteiger partial charge in [0.25, 0.3) is 5.91 Å². The number of anilines is 1. The molecule has 1 amide bonds. The van der Waals surface area contributed by atoms with E-state index in [9.17, 15) is 22.4 Å². The molecule has 3 rings (SSSR count). The molecule has 1 aliphatic rings. The Kier molecular flexibility index (Phi) is 7.59. The molecule has 1 fully saturated rings. The number of carbonyl (C=O) groups is 1. The minimum absolute atomic E-state index is 0.250. The van der Waals surface area contributed by atoms with Gasteiger partial charge in [-0.1, -0.05) is 13.8 Å². The Balaban J connectivity index is 1.74. The lowest BCUT2D eigenvalue weighted by Crippen LogP contribution is -2.49. The number of methoxy groups -OCH3 is 1. The van der Waals surface area contributed by atoms with Crippen molar-refractivity contribution in [2.24, 2.45) is 5.92 Å². The fourth-order valence-corrected chi connectivity index (χ4v) is 4.41. The highest BCUT2D eigenvalue weighted by atomic mass is 32.2. The average molecular weight is 471 g/mol. The van der Waals surface area contributed by atoms with E-state index >= 15 is 0 Å². The Bertz CT molecular complexity index is 957. The fourth-order valence-electron chi connectivity index (χ4n) is 3.53. The van der Waals surface area contributed by atoms with Crippen LogP contribution >= 0.6 is 11.8 Å². The molecule has 0 unspecified atom stereocenters. The van der Waals surface area contributed by atoms with Crippen LogP contribution in [0.5, 0.6) is 5.75 Å². The van der Waals surface area contributed by atoms with Gasteiger partial charge in [-0.25, -0.2) is 4.39 Å². The zero-order chi connectivity index (χ0) is 23.5. The van der Waals surface area contributed by atoms with Crippen molar-refractivity contribution in [1.82, 2.24) is 4.90 Å². The lowest BCUT2D eigenvalue weighted by Gasteiger charge is -2.37. The molecule has 2 aromatic rings. The summed E-state index contributed by atoms with van der Waals surface area (Å²) < 4.78 is 58.8. The molecule has 0 atom stereocenters. The highest BCUT2D eigenvalue weighted by Crippen LogP contribution is 2.35. The Morgan fingerprint density at radius 3 is 2.38 bits per heavy atom. The van der Waals surface area contributed by atoms with Gasteiger partial charge in [-0.2, -0.15) is 13.2 Å². The van der Waals surface area contributed by atoms with Crippen LogP contribution in [-0.2, 0) is 6.18 Å². The van der Waals surface area contributed by atoms with Crippen molar-refractivity contribution in [3.63, 3.8) is 0 Å². The first-order valence-electron chi connectivity index (χ1n) is 10.3. The second-order valence-corrected chi connectivity index (χ2v) is 9.10. The number of rotatable bonds is 6.